The molecule has 10 rings (SSSR count). The van der Waals surface area contributed by atoms with Crippen molar-refractivity contribution in [3.05, 3.63) is 182 Å². The number of benzene rings is 10. The molecule has 0 saturated carbocycles. The minimum atomic E-state index is 1.24. The lowest BCUT2D eigenvalue weighted by Crippen LogP contribution is -1.92. The van der Waals surface area contributed by atoms with E-state index in [9.17, 15) is 0 Å². The molecule has 0 aliphatic carbocycles. The van der Waals surface area contributed by atoms with E-state index in [1.54, 1.807) is 0 Å². The van der Waals surface area contributed by atoms with Gasteiger partial charge in [0, 0.05) is 0 Å². The molecule has 0 aliphatic rings. The summed E-state index contributed by atoms with van der Waals surface area (Å²) in [7, 11) is 0. The van der Waals surface area contributed by atoms with Crippen LogP contribution in [0.3, 0.4) is 0 Å². The Bertz CT molecular complexity index is 2830. The molecule has 0 bridgehead atoms. The molecule has 0 saturated heterocycles. The summed E-state index contributed by atoms with van der Waals surface area (Å²) >= 11 is 0. The average Bonchev–Trinajstić information content (AvgIpc) is 3.16. The molecular formula is C48H30. The molecule has 0 heterocycles. The molecule has 0 unspecified atom stereocenters. The Morgan fingerprint density at radius 3 is 1.42 bits per heavy atom. The fourth-order valence-corrected chi connectivity index (χ4v) is 8.04. The zero-order valence-corrected chi connectivity index (χ0v) is 26.3. The number of hydrogen-bond donors (Lipinski definition) is 0. The molecule has 10 aromatic carbocycles. The van der Waals surface area contributed by atoms with Crippen molar-refractivity contribution >= 4 is 64.6 Å². The summed E-state index contributed by atoms with van der Waals surface area (Å²) < 4.78 is 0. The minimum absolute atomic E-state index is 1.24. The molecule has 0 heteroatoms. The van der Waals surface area contributed by atoms with E-state index in [4.69, 9.17) is 0 Å². The topological polar surface area (TPSA) is 0 Å². The van der Waals surface area contributed by atoms with Gasteiger partial charge >= 0.3 is 0 Å². The van der Waals surface area contributed by atoms with Gasteiger partial charge in [-0.3, -0.25) is 0 Å². The summed E-state index contributed by atoms with van der Waals surface area (Å²) in [4.78, 5) is 0. The van der Waals surface area contributed by atoms with Crippen molar-refractivity contribution in [2.45, 2.75) is 0 Å². The van der Waals surface area contributed by atoms with Gasteiger partial charge in [0.05, 0.1) is 0 Å². The molecule has 0 nitrogen and oxygen atoms in total. The van der Waals surface area contributed by atoms with Crippen LogP contribution in [-0.4, -0.2) is 0 Å². The van der Waals surface area contributed by atoms with Crippen molar-refractivity contribution in [2.75, 3.05) is 0 Å². The van der Waals surface area contributed by atoms with Crippen LogP contribution in [0, 0.1) is 0 Å². The highest BCUT2D eigenvalue weighted by Gasteiger charge is 2.19. The Labute approximate surface area is 279 Å². The van der Waals surface area contributed by atoms with Crippen LogP contribution >= 0.6 is 0 Å². The van der Waals surface area contributed by atoms with Crippen LogP contribution in [-0.2, 0) is 0 Å². The van der Waals surface area contributed by atoms with Crippen molar-refractivity contribution in [3.63, 3.8) is 0 Å². The predicted octanol–water partition coefficient (Wildman–Crippen LogP) is 13.6. The summed E-state index contributed by atoms with van der Waals surface area (Å²) in [6, 6.07) is 67.1. The fourth-order valence-electron chi connectivity index (χ4n) is 8.04. The average molecular weight is 607 g/mol. The maximum atomic E-state index is 2.40. The first kappa shape index (κ1) is 26.9. The molecule has 0 amide bonds. The lowest BCUT2D eigenvalue weighted by Gasteiger charge is -2.20. The van der Waals surface area contributed by atoms with E-state index in [0.717, 1.165) is 0 Å². The van der Waals surface area contributed by atoms with E-state index in [1.807, 2.05) is 0 Å². The van der Waals surface area contributed by atoms with Crippen molar-refractivity contribution in [2.24, 2.45) is 0 Å². The highest BCUT2D eigenvalue weighted by Crippen LogP contribution is 2.47. The molecule has 222 valence electrons. The Morgan fingerprint density at radius 2 is 0.708 bits per heavy atom. The first-order valence-corrected chi connectivity index (χ1v) is 16.7. The van der Waals surface area contributed by atoms with Crippen LogP contribution in [0.25, 0.3) is 98.0 Å². The van der Waals surface area contributed by atoms with Gasteiger partial charge in [0.15, 0.2) is 0 Å². The number of fused-ring (bicyclic) bond motifs is 7. The number of hydrogen-bond acceptors (Lipinski definition) is 0. The van der Waals surface area contributed by atoms with Crippen molar-refractivity contribution in [3.8, 4) is 33.4 Å². The van der Waals surface area contributed by atoms with Crippen LogP contribution < -0.4 is 0 Å². The fraction of sp³-hybridized carbons (Fsp3) is 0. The van der Waals surface area contributed by atoms with Gasteiger partial charge in [-0.1, -0.05) is 164 Å². The van der Waals surface area contributed by atoms with Gasteiger partial charge in [0.25, 0.3) is 0 Å². The quantitative estimate of drug-likeness (QED) is 0.139. The molecular weight excluding hydrogens is 577 g/mol. The Hall–Kier alpha value is -6.24. The van der Waals surface area contributed by atoms with E-state index in [0.29, 0.717) is 0 Å². The van der Waals surface area contributed by atoms with E-state index >= 15 is 0 Å². The van der Waals surface area contributed by atoms with Gasteiger partial charge in [-0.25, -0.2) is 0 Å². The minimum Gasteiger partial charge on any atom is -0.0616 e. The summed E-state index contributed by atoms with van der Waals surface area (Å²) in [6.07, 6.45) is 0. The molecule has 0 N–H and O–H groups in total. The molecule has 0 fully saturated rings. The third-order valence-electron chi connectivity index (χ3n) is 10.2. The number of rotatable bonds is 3. The van der Waals surface area contributed by atoms with Crippen molar-refractivity contribution in [1.82, 2.24) is 0 Å². The summed E-state index contributed by atoms with van der Waals surface area (Å²) in [5.41, 5.74) is 7.60. The molecule has 0 atom stereocenters. The molecule has 0 spiro atoms. The molecule has 0 aliphatic heterocycles. The Kier molecular flexibility index (Phi) is 5.98. The second-order valence-electron chi connectivity index (χ2n) is 12.8. The Morgan fingerprint density at radius 1 is 0.208 bits per heavy atom. The van der Waals surface area contributed by atoms with E-state index in [1.165, 1.54) is 98.0 Å². The van der Waals surface area contributed by atoms with Crippen LogP contribution in [0.15, 0.2) is 182 Å². The van der Waals surface area contributed by atoms with Crippen LogP contribution in [0.1, 0.15) is 0 Å². The van der Waals surface area contributed by atoms with Gasteiger partial charge in [-0.15, -0.1) is 0 Å². The second-order valence-corrected chi connectivity index (χ2v) is 12.8. The maximum absolute atomic E-state index is 2.40. The van der Waals surface area contributed by atoms with Crippen molar-refractivity contribution in [1.29, 1.82) is 0 Å². The van der Waals surface area contributed by atoms with E-state index < -0.39 is 0 Å². The third-order valence-corrected chi connectivity index (χ3v) is 10.2. The van der Waals surface area contributed by atoms with Gasteiger partial charge in [0.1, 0.15) is 0 Å². The largest absolute Gasteiger partial charge is 0.0616 e. The SMILES string of the molecule is c1ccc2c(-c3ccc4ccc(-c5c6ccccc6c(-c6cc7ccccc7c7ccccc67)c6ccccc56)cc4c3)cccc2c1. The predicted molar refractivity (Wildman–Crippen MR) is 208 cm³/mol. The lowest BCUT2D eigenvalue weighted by atomic mass is 9.83. The van der Waals surface area contributed by atoms with Crippen molar-refractivity contribution < 1.29 is 0 Å². The van der Waals surface area contributed by atoms with Gasteiger partial charge in [-0.05, 0) is 116 Å². The van der Waals surface area contributed by atoms with E-state index in [2.05, 4.69) is 182 Å². The zero-order chi connectivity index (χ0) is 31.6. The van der Waals surface area contributed by atoms with Crippen LogP contribution in [0.2, 0.25) is 0 Å². The summed E-state index contributed by atoms with van der Waals surface area (Å²) in [5.74, 6) is 0. The molecule has 48 heavy (non-hydrogen) atoms. The normalized spacial score (nSPS) is 11.8. The lowest BCUT2D eigenvalue weighted by molar-refractivity contribution is 1.67. The monoisotopic (exact) mass is 606 g/mol. The highest BCUT2D eigenvalue weighted by atomic mass is 14.2. The van der Waals surface area contributed by atoms with Gasteiger partial charge in [-0.2, -0.15) is 0 Å². The highest BCUT2D eigenvalue weighted by molar-refractivity contribution is 6.26. The second kappa shape index (κ2) is 10.7. The third kappa shape index (κ3) is 4.10. The summed E-state index contributed by atoms with van der Waals surface area (Å²) in [6.45, 7) is 0. The smallest absolute Gasteiger partial charge is 0.00199 e. The molecule has 0 radical (unpaired) electrons. The van der Waals surface area contributed by atoms with Crippen LogP contribution in [0.4, 0.5) is 0 Å². The standard InChI is InChI=1S/C48H30/c1-3-15-37-32(12-1)14-11-23-38(37)34-26-24-31-25-27-35(29-36(31)28-34)47-42-19-7-9-21-44(42)48(45-22-10-8-20-43(45)47)46-30-33-13-2-4-16-39(33)40-17-5-6-18-41(40)46/h1-30H. The zero-order valence-electron chi connectivity index (χ0n) is 26.3. The maximum Gasteiger partial charge on any atom is -0.00199 e. The molecule has 0 aromatic heterocycles. The Balaban J connectivity index is 1.25. The first-order valence-electron chi connectivity index (χ1n) is 16.7. The molecule has 10 aromatic rings. The van der Waals surface area contributed by atoms with E-state index in [-0.39, 0.29) is 0 Å². The summed E-state index contributed by atoms with van der Waals surface area (Å²) in [5, 5.41) is 15.3. The van der Waals surface area contributed by atoms with Gasteiger partial charge in [0.2, 0.25) is 0 Å². The first-order chi connectivity index (χ1) is 23.8. The van der Waals surface area contributed by atoms with Crippen LogP contribution in [0.5, 0.6) is 0 Å². The van der Waals surface area contributed by atoms with Gasteiger partial charge < -0.3 is 0 Å².